The average Bonchev–Trinajstić information content (AvgIpc) is 3.03. The molecule has 0 aromatic carbocycles. The molecule has 0 radical (unpaired) electrons. The first kappa shape index (κ1) is 20.4. The molecular formula is C21H31N3O4. The Bertz CT molecular complexity index is 782. The Morgan fingerprint density at radius 1 is 1.29 bits per heavy atom. The van der Waals surface area contributed by atoms with E-state index >= 15 is 0 Å². The molecule has 2 heterocycles. The minimum atomic E-state index is -0.836. The molecule has 1 aliphatic heterocycles. The first-order valence-electron chi connectivity index (χ1n) is 9.98. The summed E-state index contributed by atoms with van der Waals surface area (Å²) in [7, 11) is 0. The van der Waals surface area contributed by atoms with E-state index in [0.29, 0.717) is 25.3 Å². The smallest absolute Gasteiger partial charge is 0.325 e. The highest BCUT2D eigenvalue weighted by Gasteiger charge is 2.53. The number of urea groups is 1. The molecule has 1 aromatic rings. The number of carbonyl (C=O) groups is 3. The third-order valence-corrected chi connectivity index (χ3v) is 6.23. The maximum Gasteiger partial charge on any atom is 0.325 e. The predicted molar refractivity (Wildman–Crippen MR) is 104 cm³/mol. The number of hydrogen-bond donors (Lipinski definition) is 2. The maximum absolute atomic E-state index is 13.0. The topological polar surface area (TPSA) is 91.7 Å². The van der Waals surface area contributed by atoms with E-state index in [0.717, 1.165) is 34.8 Å². The fourth-order valence-corrected chi connectivity index (χ4v) is 4.39. The average molecular weight is 389 g/mol. The van der Waals surface area contributed by atoms with Crippen LogP contribution in [0.25, 0.3) is 0 Å². The summed E-state index contributed by atoms with van der Waals surface area (Å²) in [6.07, 6.45) is 3.06. The molecule has 4 amide bonds. The summed E-state index contributed by atoms with van der Waals surface area (Å²) in [6.45, 7) is 10.4. The van der Waals surface area contributed by atoms with Gasteiger partial charge in [-0.15, -0.1) is 0 Å². The Kier molecular flexibility index (Phi) is 5.30. The summed E-state index contributed by atoms with van der Waals surface area (Å²) in [4.78, 5) is 38.7. The van der Waals surface area contributed by atoms with Crippen molar-refractivity contribution in [2.24, 2.45) is 11.3 Å². The Morgan fingerprint density at radius 3 is 2.46 bits per heavy atom. The lowest BCUT2D eigenvalue weighted by Crippen LogP contribution is -2.51. The van der Waals surface area contributed by atoms with Gasteiger partial charge in [-0.1, -0.05) is 20.8 Å². The molecule has 2 fully saturated rings. The number of nitrogens with zero attached hydrogens (tertiary/aromatic N) is 1. The van der Waals surface area contributed by atoms with Crippen LogP contribution in [0.4, 0.5) is 4.79 Å². The van der Waals surface area contributed by atoms with E-state index in [2.05, 4.69) is 31.4 Å². The van der Waals surface area contributed by atoms with Crippen LogP contribution >= 0.6 is 0 Å². The predicted octanol–water partition coefficient (Wildman–Crippen LogP) is 3.04. The largest absolute Gasteiger partial charge is 0.466 e. The second-order valence-electron chi connectivity index (χ2n) is 9.26. The molecule has 2 N–H and O–H groups in total. The van der Waals surface area contributed by atoms with E-state index < -0.39 is 11.6 Å². The van der Waals surface area contributed by atoms with Crippen LogP contribution in [0.3, 0.4) is 0 Å². The van der Waals surface area contributed by atoms with E-state index in [1.165, 1.54) is 0 Å². The first-order chi connectivity index (χ1) is 13.0. The van der Waals surface area contributed by atoms with E-state index in [1.807, 2.05) is 19.9 Å². The molecule has 0 bridgehead atoms. The number of carbonyl (C=O) groups excluding carboxylic acids is 3. The van der Waals surface area contributed by atoms with E-state index in [9.17, 15) is 14.4 Å². The van der Waals surface area contributed by atoms with Crippen molar-refractivity contribution in [2.45, 2.75) is 72.4 Å². The van der Waals surface area contributed by atoms with Gasteiger partial charge in [-0.2, -0.15) is 0 Å². The summed E-state index contributed by atoms with van der Waals surface area (Å²) in [5.74, 6) is 1.44. The van der Waals surface area contributed by atoms with Gasteiger partial charge in [0.05, 0.1) is 0 Å². The first-order valence-corrected chi connectivity index (χ1v) is 9.98. The Balaban J connectivity index is 1.58. The molecule has 0 atom stereocenters. The van der Waals surface area contributed by atoms with E-state index in [4.69, 9.17) is 4.42 Å². The third-order valence-electron chi connectivity index (χ3n) is 6.23. The summed E-state index contributed by atoms with van der Waals surface area (Å²) < 4.78 is 5.44. The highest BCUT2D eigenvalue weighted by Crippen LogP contribution is 2.43. The second-order valence-corrected chi connectivity index (χ2v) is 9.26. The third kappa shape index (κ3) is 3.93. The normalized spacial score (nSPS) is 25.3. The molecule has 3 rings (SSSR count). The molecular weight excluding hydrogens is 358 g/mol. The number of imide groups is 1. The van der Waals surface area contributed by atoms with Crippen LogP contribution in [0.1, 0.15) is 63.5 Å². The quantitative estimate of drug-likeness (QED) is 0.774. The zero-order valence-corrected chi connectivity index (χ0v) is 17.5. The van der Waals surface area contributed by atoms with Gasteiger partial charge in [0, 0.05) is 12.1 Å². The molecule has 7 nitrogen and oxygen atoms in total. The van der Waals surface area contributed by atoms with Gasteiger partial charge in [0.1, 0.15) is 23.6 Å². The number of rotatable bonds is 4. The van der Waals surface area contributed by atoms with E-state index in [-0.39, 0.29) is 23.8 Å². The molecule has 0 unspecified atom stereocenters. The van der Waals surface area contributed by atoms with Crippen molar-refractivity contribution in [1.82, 2.24) is 15.5 Å². The Morgan fingerprint density at radius 2 is 1.93 bits per heavy atom. The lowest BCUT2D eigenvalue weighted by molar-refractivity contribution is -0.136. The van der Waals surface area contributed by atoms with Gasteiger partial charge < -0.3 is 15.1 Å². The molecule has 1 spiro atoms. The van der Waals surface area contributed by atoms with Gasteiger partial charge in [0.15, 0.2) is 0 Å². The van der Waals surface area contributed by atoms with Crippen LogP contribution in [0, 0.1) is 25.2 Å². The van der Waals surface area contributed by atoms with Crippen LogP contribution in [0.15, 0.2) is 10.5 Å². The van der Waals surface area contributed by atoms with Gasteiger partial charge in [-0.25, -0.2) is 4.79 Å². The number of nitrogens with one attached hydrogen (secondary N) is 2. The fraction of sp³-hybridized carbons (Fsp3) is 0.667. The SMILES string of the molecule is Cc1cc(CNC(=O)CN2C(=O)NC3(CCC(C(C)(C)C)CC3)C2=O)c(C)o1. The molecule has 1 saturated carbocycles. The second kappa shape index (κ2) is 7.26. The summed E-state index contributed by atoms with van der Waals surface area (Å²) in [6, 6.07) is 1.40. The molecule has 1 aromatic heterocycles. The van der Waals surface area contributed by atoms with Crippen molar-refractivity contribution in [2.75, 3.05) is 6.54 Å². The van der Waals surface area contributed by atoms with Crippen LogP contribution in [0.2, 0.25) is 0 Å². The van der Waals surface area contributed by atoms with Crippen molar-refractivity contribution in [3.05, 3.63) is 23.2 Å². The van der Waals surface area contributed by atoms with Gasteiger partial charge in [0.2, 0.25) is 5.91 Å². The van der Waals surface area contributed by atoms with E-state index in [1.54, 1.807) is 0 Å². The monoisotopic (exact) mass is 389 g/mol. The number of hydrogen-bond acceptors (Lipinski definition) is 4. The van der Waals surface area contributed by atoms with Crippen molar-refractivity contribution < 1.29 is 18.8 Å². The standard InChI is InChI=1S/C21H31N3O4/c1-13-10-15(14(2)28-13)11-22-17(25)12-24-18(26)21(23-19(24)27)8-6-16(7-9-21)20(3,4)5/h10,16H,6-9,11-12H2,1-5H3,(H,22,25)(H,23,27). The lowest BCUT2D eigenvalue weighted by atomic mass is 9.67. The van der Waals surface area contributed by atoms with Crippen molar-refractivity contribution >= 4 is 17.8 Å². The maximum atomic E-state index is 13.0. The fourth-order valence-electron chi connectivity index (χ4n) is 4.39. The highest BCUT2D eigenvalue weighted by atomic mass is 16.3. The van der Waals surface area contributed by atoms with Crippen molar-refractivity contribution in [3.8, 4) is 0 Å². The van der Waals surface area contributed by atoms with Crippen molar-refractivity contribution in [1.29, 1.82) is 0 Å². The minimum Gasteiger partial charge on any atom is -0.466 e. The summed E-state index contributed by atoms with van der Waals surface area (Å²) in [5.41, 5.74) is 0.244. The zero-order chi connectivity index (χ0) is 20.7. The number of furan rings is 1. The molecule has 154 valence electrons. The molecule has 7 heteroatoms. The molecule has 28 heavy (non-hydrogen) atoms. The van der Waals surface area contributed by atoms with Gasteiger partial charge in [-0.3, -0.25) is 14.5 Å². The highest BCUT2D eigenvalue weighted by molar-refractivity contribution is 6.09. The zero-order valence-electron chi connectivity index (χ0n) is 17.5. The van der Waals surface area contributed by atoms with Crippen LogP contribution in [0.5, 0.6) is 0 Å². The number of aryl methyl sites for hydroxylation is 2. The van der Waals surface area contributed by atoms with Crippen LogP contribution in [-0.2, 0) is 16.1 Å². The van der Waals surface area contributed by atoms with Crippen molar-refractivity contribution in [3.63, 3.8) is 0 Å². The summed E-state index contributed by atoms with van der Waals surface area (Å²) >= 11 is 0. The molecule has 1 aliphatic carbocycles. The minimum absolute atomic E-state index is 0.191. The molecule has 2 aliphatic rings. The Labute approximate surface area is 166 Å². The van der Waals surface area contributed by atoms with Crippen LogP contribution < -0.4 is 10.6 Å². The number of amides is 4. The summed E-state index contributed by atoms with van der Waals surface area (Å²) in [5, 5.41) is 5.64. The van der Waals surface area contributed by atoms with Gasteiger partial charge in [-0.05, 0) is 56.9 Å². The molecule has 1 saturated heterocycles. The Hall–Kier alpha value is -2.31. The lowest BCUT2D eigenvalue weighted by Gasteiger charge is -2.40. The van der Waals surface area contributed by atoms with Gasteiger partial charge in [0.25, 0.3) is 5.91 Å². The van der Waals surface area contributed by atoms with Gasteiger partial charge >= 0.3 is 6.03 Å². The van der Waals surface area contributed by atoms with Crippen LogP contribution in [-0.4, -0.2) is 34.8 Å².